The molecule has 2 atom stereocenters. The third-order valence-electron chi connectivity index (χ3n) is 4.99. The fourth-order valence-electron chi connectivity index (χ4n) is 3.70. The number of carbonyl (C=O) groups excluding carboxylic acids is 1. The van der Waals surface area contributed by atoms with Crippen molar-refractivity contribution in [3.63, 3.8) is 0 Å². The Morgan fingerprint density at radius 3 is 2.96 bits per heavy atom. The predicted octanol–water partition coefficient (Wildman–Crippen LogP) is 2.06. The third-order valence-corrected chi connectivity index (χ3v) is 4.99. The minimum Gasteiger partial charge on any atom is -0.493 e. The first kappa shape index (κ1) is 17.8. The van der Waals surface area contributed by atoms with Crippen LogP contribution in [-0.2, 0) is 11.3 Å². The van der Waals surface area contributed by atoms with Crippen LogP contribution < -0.4 is 9.47 Å². The van der Waals surface area contributed by atoms with E-state index in [1.807, 2.05) is 23.4 Å². The Kier molecular flexibility index (Phi) is 4.73. The Morgan fingerprint density at radius 1 is 1.33 bits per heavy atom. The normalized spacial score (nSPS) is 21.6. The first-order valence-electron chi connectivity index (χ1n) is 9.21. The summed E-state index contributed by atoms with van der Waals surface area (Å²) in [7, 11) is 1.58. The number of benzene rings is 1. The molecule has 0 saturated carbocycles. The van der Waals surface area contributed by atoms with Gasteiger partial charge in [-0.2, -0.15) is 0 Å². The van der Waals surface area contributed by atoms with Gasteiger partial charge in [-0.3, -0.25) is 4.79 Å². The van der Waals surface area contributed by atoms with Crippen LogP contribution >= 0.6 is 0 Å². The van der Waals surface area contributed by atoms with Crippen molar-refractivity contribution in [1.82, 2.24) is 19.9 Å². The van der Waals surface area contributed by atoms with Gasteiger partial charge in [-0.05, 0) is 38.5 Å². The zero-order valence-corrected chi connectivity index (χ0v) is 15.8. The zero-order valence-electron chi connectivity index (χ0n) is 15.8. The summed E-state index contributed by atoms with van der Waals surface area (Å²) in [6.07, 6.45) is 2.60. The quantitative estimate of drug-likeness (QED) is 0.817. The van der Waals surface area contributed by atoms with E-state index in [9.17, 15) is 4.79 Å². The smallest absolute Gasteiger partial charge is 0.254 e. The van der Waals surface area contributed by atoms with Crippen molar-refractivity contribution in [3.05, 3.63) is 35.7 Å². The number of aromatic nitrogens is 3. The predicted molar refractivity (Wildman–Crippen MR) is 96.9 cm³/mol. The molecule has 0 aliphatic carbocycles. The summed E-state index contributed by atoms with van der Waals surface area (Å²) < 4.78 is 19.0. The number of hydrogen-bond donors (Lipinski definition) is 0. The van der Waals surface area contributed by atoms with E-state index in [0.717, 1.165) is 12.1 Å². The Morgan fingerprint density at radius 2 is 2.19 bits per heavy atom. The van der Waals surface area contributed by atoms with Crippen LogP contribution in [0.2, 0.25) is 0 Å². The Bertz CT molecular complexity index is 835. The van der Waals surface area contributed by atoms with Crippen molar-refractivity contribution < 1.29 is 19.0 Å². The fraction of sp³-hybridized carbons (Fsp3) is 0.526. The number of methoxy groups -OCH3 is 1. The van der Waals surface area contributed by atoms with Gasteiger partial charge in [0.15, 0.2) is 11.5 Å². The summed E-state index contributed by atoms with van der Waals surface area (Å²) in [5.74, 6) is 1.16. The summed E-state index contributed by atoms with van der Waals surface area (Å²) in [4.78, 5) is 14.9. The molecule has 2 aromatic rings. The minimum absolute atomic E-state index is 0.000562. The van der Waals surface area contributed by atoms with E-state index in [2.05, 4.69) is 10.3 Å². The van der Waals surface area contributed by atoms with Gasteiger partial charge in [0.25, 0.3) is 5.91 Å². The topological polar surface area (TPSA) is 78.7 Å². The molecule has 0 N–H and O–H groups in total. The second-order valence-electron chi connectivity index (χ2n) is 7.16. The Labute approximate surface area is 158 Å². The summed E-state index contributed by atoms with van der Waals surface area (Å²) in [5.41, 5.74) is 1.53. The van der Waals surface area contributed by atoms with Crippen molar-refractivity contribution >= 4 is 5.91 Å². The van der Waals surface area contributed by atoms with Crippen molar-refractivity contribution in [2.45, 2.75) is 45.1 Å². The number of hydrogen-bond acceptors (Lipinski definition) is 6. The number of amides is 1. The standard InChI is InChI=1S/C19H24N4O4/c1-12(2)27-17-5-4-13(8-18(17)25-3)19(24)22-7-6-16-15(10-22)23-14(11-26-16)9-20-21-23/h4-5,8-9,12,15-16H,6-7,10-11H2,1-3H3/t15-,16+/m0/s1. The van der Waals surface area contributed by atoms with Gasteiger partial charge in [-0.15, -0.1) is 5.10 Å². The van der Waals surface area contributed by atoms with Crippen LogP contribution in [-0.4, -0.2) is 58.2 Å². The van der Waals surface area contributed by atoms with Gasteiger partial charge in [0.05, 0.1) is 43.9 Å². The number of rotatable bonds is 4. The summed E-state index contributed by atoms with van der Waals surface area (Å²) in [5, 5.41) is 8.16. The average molecular weight is 372 g/mol. The third kappa shape index (κ3) is 3.37. The molecule has 0 spiro atoms. The zero-order chi connectivity index (χ0) is 19.0. The molecular formula is C19H24N4O4. The number of fused-ring (bicyclic) bond motifs is 3. The van der Waals surface area contributed by atoms with Crippen molar-refractivity contribution in [1.29, 1.82) is 0 Å². The molecule has 27 heavy (non-hydrogen) atoms. The van der Waals surface area contributed by atoms with E-state index in [1.165, 1.54) is 0 Å². The highest BCUT2D eigenvalue weighted by Gasteiger charge is 2.38. The van der Waals surface area contributed by atoms with Gasteiger partial charge in [0, 0.05) is 18.7 Å². The molecule has 8 heteroatoms. The lowest BCUT2D eigenvalue weighted by Crippen LogP contribution is -2.49. The van der Waals surface area contributed by atoms with E-state index < -0.39 is 0 Å². The lowest BCUT2D eigenvalue weighted by Gasteiger charge is -2.41. The molecule has 4 rings (SSSR count). The lowest BCUT2D eigenvalue weighted by atomic mass is 9.99. The van der Waals surface area contributed by atoms with Crippen LogP contribution in [0.1, 0.15) is 42.4 Å². The molecule has 144 valence electrons. The monoisotopic (exact) mass is 372 g/mol. The molecule has 0 unspecified atom stereocenters. The van der Waals surface area contributed by atoms with Gasteiger partial charge in [0.1, 0.15) is 0 Å². The average Bonchev–Trinajstić information content (AvgIpc) is 3.16. The van der Waals surface area contributed by atoms with E-state index in [0.29, 0.717) is 36.8 Å². The van der Waals surface area contributed by atoms with Crippen LogP contribution in [0.4, 0.5) is 0 Å². The van der Waals surface area contributed by atoms with Crippen molar-refractivity contribution in [2.24, 2.45) is 0 Å². The maximum Gasteiger partial charge on any atom is 0.254 e. The largest absolute Gasteiger partial charge is 0.493 e. The maximum atomic E-state index is 13.1. The molecule has 1 amide bonds. The molecule has 1 aromatic carbocycles. The van der Waals surface area contributed by atoms with Crippen LogP contribution in [0, 0.1) is 0 Å². The van der Waals surface area contributed by atoms with Gasteiger partial charge in [-0.1, -0.05) is 5.21 Å². The number of likely N-dealkylation sites (tertiary alicyclic amines) is 1. The van der Waals surface area contributed by atoms with E-state index in [-0.39, 0.29) is 24.2 Å². The van der Waals surface area contributed by atoms with Crippen molar-refractivity contribution in [3.8, 4) is 11.5 Å². The molecule has 2 aliphatic rings. The van der Waals surface area contributed by atoms with Crippen LogP contribution in [0.15, 0.2) is 24.4 Å². The van der Waals surface area contributed by atoms with Gasteiger partial charge in [0.2, 0.25) is 0 Å². The van der Waals surface area contributed by atoms with Crippen LogP contribution in [0.5, 0.6) is 11.5 Å². The van der Waals surface area contributed by atoms with E-state index in [4.69, 9.17) is 14.2 Å². The second-order valence-corrected chi connectivity index (χ2v) is 7.16. The summed E-state index contributed by atoms with van der Waals surface area (Å²) in [6, 6.07) is 5.31. The van der Waals surface area contributed by atoms with Gasteiger partial charge < -0.3 is 19.1 Å². The van der Waals surface area contributed by atoms with E-state index in [1.54, 1.807) is 31.5 Å². The number of carbonyl (C=O) groups is 1. The first-order chi connectivity index (χ1) is 13.1. The van der Waals surface area contributed by atoms with Gasteiger partial charge in [-0.25, -0.2) is 4.68 Å². The molecule has 8 nitrogen and oxygen atoms in total. The van der Waals surface area contributed by atoms with Crippen LogP contribution in [0.3, 0.4) is 0 Å². The Balaban J connectivity index is 1.54. The highest BCUT2D eigenvalue weighted by atomic mass is 16.5. The van der Waals surface area contributed by atoms with E-state index >= 15 is 0 Å². The number of piperidine rings is 1. The number of nitrogens with zero attached hydrogens (tertiary/aromatic N) is 4. The highest BCUT2D eigenvalue weighted by Crippen LogP contribution is 2.32. The molecule has 1 aromatic heterocycles. The summed E-state index contributed by atoms with van der Waals surface area (Å²) in [6.45, 7) is 5.63. The minimum atomic E-state index is -0.0323. The first-order valence-corrected chi connectivity index (χ1v) is 9.21. The van der Waals surface area contributed by atoms with Crippen LogP contribution in [0.25, 0.3) is 0 Å². The molecule has 1 saturated heterocycles. The Hall–Kier alpha value is -2.61. The molecule has 0 bridgehead atoms. The second kappa shape index (κ2) is 7.19. The number of ether oxygens (including phenoxy) is 3. The lowest BCUT2D eigenvalue weighted by molar-refractivity contribution is -0.0605. The highest BCUT2D eigenvalue weighted by molar-refractivity contribution is 5.95. The maximum absolute atomic E-state index is 13.1. The molecule has 0 radical (unpaired) electrons. The summed E-state index contributed by atoms with van der Waals surface area (Å²) >= 11 is 0. The van der Waals surface area contributed by atoms with Gasteiger partial charge >= 0.3 is 0 Å². The SMILES string of the molecule is COc1cc(C(=O)N2CC[C@H]3OCc4cnnn4[C@H]3C2)ccc1OC(C)C. The molecule has 3 heterocycles. The fourth-order valence-corrected chi connectivity index (χ4v) is 3.70. The molecular weight excluding hydrogens is 348 g/mol. The molecule has 2 aliphatic heterocycles. The molecule has 1 fully saturated rings. The van der Waals surface area contributed by atoms with Crippen molar-refractivity contribution in [2.75, 3.05) is 20.2 Å².